The highest BCUT2D eigenvalue weighted by Crippen LogP contribution is 2.35. The summed E-state index contributed by atoms with van der Waals surface area (Å²) in [5, 5.41) is 8.30. The Kier molecular flexibility index (Phi) is 3.50. The minimum atomic E-state index is -0.297. The average Bonchev–Trinajstić information content (AvgIpc) is 2.91. The first-order valence-corrected chi connectivity index (χ1v) is 8.04. The van der Waals surface area contributed by atoms with Gasteiger partial charge in [-0.15, -0.1) is 0 Å². The van der Waals surface area contributed by atoms with Crippen LogP contribution in [0.25, 0.3) is 0 Å². The number of hydrogen-bond donors (Lipinski definition) is 2. The van der Waals surface area contributed by atoms with Gasteiger partial charge in [0.05, 0.1) is 24.8 Å². The van der Waals surface area contributed by atoms with E-state index in [1.807, 2.05) is 18.2 Å². The van der Waals surface area contributed by atoms with Gasteiger partial charge in [0.15, 0.2) is 0 Å². The zero-order valence-electron chi connectivity index (χ0n) is 12.5. The highest BCUT2D eigenvalue weighted by Gasteiger charge is 2.31. The molecule has 23 heavy (non-hydrogen) atoms. The molecule has 0 fully saturated rings. The Morgan fingerprint density at radius 1 is 1.48 bits per heavy atom. The molecule has 3 N–H and O–H groups in total. The minimum absolute atomic E-state index is 0.109. The summed E-state index contributed by atoms with van der Waals surface area (Å²) in [5.41, 5.74) is 9.71. The lowest BCUT2D eigenvalue weighted by molar-refractivity contribution is 0.0854. The Hall–Kier alpha value is -2.05. The van der Waals surface area contributed by atoms with Gasteiger partial charge in [0.25, 0.3) is 5.91 Å². The monoisotopic (exact) mass is 332 g/mol. The second-order valence-electron chi connectivity index (χ2n) is 5.86. The summed E-state index contributed by atoms with van der Waals surface area (Å²) >= 11 is 6.10. The number of nitrogens with zero attached hydrogens (tertiary/aromatic N) is 2. The van der Waals surface area contributed by atoms with Gasteiger partial charge < -0.3 is 15.8 Å². The molecule has 1 aromatic heterocycles. The average molecular weight is 333 g/mol. The van der Waals surface area contributed by atoms with Gasteiger partial charge in [-0.2, -0.15) is 9.78 Å². The lowest BCUT2D eigenvalue weighted by Gasteiger charge is -2.26. The molecule has 6 nitrogen and oxygen atoms in total. The quantitative estimate of drug-likeness (QED) is 0.838. The molecular weight excluding hydrogens is 316 g/mol. The molecule has 0 amide bonds. The van der Waals surface area contributed by atoms with Crippen LogP contribution < -0.4 is 11.1 Å². The van der Waals surface area contributed by atoms with Gasteiger partial charge in [0.1, 0.15) is 5.82 Å². The van der Waals surface area contributed by atoms with E-state index in [9.17, 15) is 4.79 Å². The predicted octanol–water partition coefficient (Wildman–Crippen LogP) is 2.43. The standard InChI is InChI=1S/C16H17ClN4O2/c17-9-1-2-13-12(7-9)10(3-5-19-13)16(22)21-15(18)11-4-6-23-8-14(11)20-21/h1-2,7,10,19H,3-6,8,18H2. The number of aromatic nitrogens is 2. The van der Waals surface area contributed by atoms with Crippen LogP contribution in [-0.2, 0) is 17.8 Å². The maximum Gasteiger partial charge on any atom is 0.256 e. The first kappa shape index (κ1) is 14.5. The van der Waals surface area contributed by atoms with Gasteiger partial charge in [-0.05, 0) is 30.2 Å². The predicted molar refractivity (Wildman–Crippen MR) is 87.9 cm³/mol. The van der Waals surface area contributed by atoms with Gasteiger partial charge in [0, 0.05) is 29.2 Å². The number of nitrogens with two attached hydrogens (primary N) is 1. The highest BCUT2D eigenvalue weighted by atomic mass is 35.5. The normalized spacial score (nSPS) is 19.6. The third-order valence-electron chi connectivity index (χ3n) is 4.49. The van der Waals surface area contributed by atoms with Crippen molar-refractivity contribution in [1.82, 2.24) is 9.78 Å². The molecule has 120 valence electrons. The fourth-order valence-corrected chi connectivity index (χ4v) is 3.48. The highest BCUT2D eigenvalue weighted by molar-refractivity contribution is 6.30. The molecule has 2 aliphatic rings. The van der Waals surface area contributed by atoms with E-state index in [4.69, 9.17) is 22.1 Å². The largest absolute Gasteiger partial charge is 0.385 e. The fraction of sp³-hybridized carbons (Fsp3) is 0.375. The van der Waals surface area contributed by atoms with Crippen molar-refractivity contribution < 1.29 is 9.53 Å². The third-order valence-corrected chi connectivity index (χ3v) is 4.72. The summed E-state index contributed by atoms with van der Waals surface area (Å²) in [6.07, 6.45) is 1.38. The van der Waals surface area contributed by atoms with Gasteiger partial charge in [0.2, 0.25) is 0 Å². The molecule has 7 heteroatoms. The Bertz CT molecular complexity index is 787. The van der Waals surface area contributed by atoms with Crippen LogP contribution in [0.2, 0.25) is 5.02 Å². The van der Waals surface area contributed by atoms with E-state index in [1.165, 1.54) is 4.68 Å². The molecule has 2 aromatic rings. The van der Waals surface area contributed by atoms with Crippen molar-refractivity contribution in [3.8, 4) is 0 Å². The van der Waals surface area contributed by atoms with Crippen LogP contribution in [-0.4, -0.2) is 28.8 Å². The Balaban J connectivity index is 1.74. The van der Waals surface area contributed by atoms with Crippen molar-refractivity contribution in [3.05, 3.63) is 40.0 Å². The Labute approximate surface area is 138 Å². The maximum absolute atomic E-state index is 13.0. The molecule has 1 atom stereocenters. The number of fused-ring (bicyclic) bond motifs is 2. The van der Waals surface area contributed by atoms with Crippen molar-refractivity contribution >= 4 is 29.0 Å². The van der Waals surface area contributed by atoms with Crippen molar-refractivity contribution in [2.45, 2.75) is 25.4 Å². The molecule has 1 unspecified atom stereocenters. The lowest BCUT2D eigenvalue weighted by atomic mass is 9.90. The van der Waals surface area contributed by atoms with E-state index in [1.54, 1.807) is 0 Å². The number of benzene rings is 1. The molecule has 0 spiro atoms. The summed E-state index contributed by atoms with van der Waals surface area (Å²) < 4.78 is 6.74. The van der Waals surface area contributed by atoms with E-state index in [-0.39, 0.29) is 11.8 Å². The molecule has 2 aliphatic heterocycles. The molecule has 4 rings (SSSR count). The number of nitrogen functional groups attached to an aromatic ring is 1. The number of hydrogen-bond acceptors (Lipinski definition) is 5. The van der Waals surface area contributed by atoms with E-state index < -0.39 is 0 Å². The lowest BCUT2D eigenvalue weighted by Crippen LogP contribution is -2.28. The number of nitrogens with one attached hydrogen (secondary N) is 1. The van der Waals surface area contributed by atoms with Crippen LogP contribution >= 0.6 is 11.6 Å². The zero-order chi connectivity index (χ0) is 16.0. The molecular formula is C16H17ClN4O2. The van der Waals surface area contributed by atoms with E-state index in [0.717, 1.165) is 29.1 Å². The van der Waals surface area contributed by atoms with Crippen molar-refractivity contribution in [2.75, 3.05) is 24.2 Å². The van der Waals surface area contributed by atoms with Gasteiger partial charge >= 0.3 is 0 Å². The van der Waals surface area contributed by atoms with Crippen molar-refractivity contribution in [3.63, 3.8) is 0 Å². The summed E-state index contributed by atoms with van der Waals surface area (Å²) in [4.78, 5) is 13.0. The molecule has 0 radical (unpaired) electrons. The molecule has 0 aliphatic carbocycles. The van der Waals surface area contributed by atoms with Gasteiger partial charge in [-0.3, -0.25) is 4.79 Å². The fourth-order valence-electron chi connectivity index (χ4n) is 3.30. The maximum atomic E-state index is 13.0. The van der Waals surface area contributed by atoms with Crippen molar-refractivity contribution in [2.24, 2.45) is 0 Å². The van der Waals surface area contributed by atoms with Crippen molar-refractivity contribution in [1.29, 1.82) is 0 Å². The Morgan fingerprint density at radius 3 is 3.17 bits per heavy atom. The summed E-state index contributed by atoms with van der Waals surface area (Å²) in [7, 11) is 0. The smallest absolute Gasteiger partial charge is 0.256 e. The van der Waals surface area contributed by atoms with E-state index >= 15 is 0 Å². The number of halogens is 1. The second kappa shape index (κ2) is 5.54. The van der Waals surface area contributed by atoms with E-state index in [2.05, 4.69) is 10.4 Å². The van der Waals surface area contributed by atoms with Gasteiger partial charge in [-0.1, -0.05) is 11.6 Å². The summed E-state index contributed by atoms with van der Waals surface area (Å²) in [5.74, 6) is 0.0341. The van der Waals surface area contributed by atoms with E-state index in [0.29, 0.717) is 36.9 Å². The summed E-state index contributed by atoms with van der Waals surface area (Å²) in [6.45, 7) is 1.76. The van der Waals surface area contributed by atoms with Gasteiger partial charge in [-0.25, -0.2) is 0 Å². The van der Waals surface area contributed by atoms with Crippen LogP contribution in [0.1, 0.15) is 34.0 Å². The van der Waals surface area contributed by atoms with Crippen LogP contribution in [0.3, 0.4) is 0 Å². The second-order valence-corrected chi connectivity index (χ2v) is 6.30. The number of ether oxygens (including phenoxy) is 1. The number of carbonyl (C=O) groups is 1. The summed E-state index contributed by atoms with van der Waals surface area (Å²) in [6, 6.07) is 5.56. The minimum Gasteiger partial charge on any atom is -0.385 e. The SMILES string of the molecule is Nc1c2c(nn1C(=O)C1CCNc3ccc(Cl)cc31)COCC2. The first-order valence-electron chi connectivity index (χ1n) is 7.66. The van der Waals surface area contributed by atoms with Crippen LogP contribution in [0.5, 0.6) is 0 Å². The molecule has 0 bridgehead atoms. The Morgan fingerprint density at radius 2 is 2.35 bits per heavy atom. The topological polar surface area (TPSA) is 82.2 Å². The number of rotatable bonds is 1. The molecule has 0 saturated heterocycles. The third kappa shape index (κ3) is 2.38. The van der Waals surface area contributed by atoms with Crippen LogP contribution in [0, 0.1) is 0 Å². The first-order chi connectivity index (χ1) is 11.1. The molecule has 3 heterocycles. The molecule has 1 aromatic carbocycles. The number of anilines is 2. The zero-order valence-corrected chi connectivity index (χ0v) is 13.3. The van der Waals surface area contributed by atoms with Crippen LogP contribution in [0.4, 0.5) is 11.5 Å². The molecule has 0 saturated carbocycles. The van der Waals surface area contributed by atoms with Crippen LogP contribution in [0.15, 0.2) is 18.2 Å². The number of carbonyl (C=O) groups excluding carboxylic acids is 1.